The van der Waals surface area contributed by atoms with Crippen LogP contribution in [-0.4, -0.2) is 53.2 Å². The molecular formula is C10H18N2O4S2. The Bertz CT molecular complexity index is 450. The Morgan fingerprint density at radius 1 is 1.28 bits per heavy atom. The summed E-state index contributed by atoms with van der Waals surface area (Å²) in [6.45, 7) is 1.26. The van der Waals surface area contributed by atoms with Gasteiger partial charge in [-0.2, -0.15) is 4.31 Å². The van der Waals surface area contributed by atoms with Gasteiger partial charge in [-0.25, -0.2) is 8.42 Å². The molecule has 0 aromatic carbocycles. The molecule has 0 atom stereocenters. The maximum absolute atomic E-state index is 12.3. The predicted molar refractivity (Wildman–Crippen MR) is 71.2 cm³/mol. The fraction of sp³-hybridized carbons (Fsp3) is 0.600. The maximum Gasteiger partial charge on any atom is 0.252 e. The first-order chi connectivity index (χ1) is 8.52. The molecule has 0 saturated carbocycles. The van der Waals surface area contributed by atoms with Crippen LogP contribution in [0.3, 0.4) is 0 Å². The van der Waals surface area contributed by atoms with E-state index in [-0.39, 0.29) is 4.21 Å². The molecule has 0 aliphatic rings. The Labute approximate surface area is 111 Å². The van der Waals surface area contributed by atoms with Gasteiger partial charge < -0.3 is 15.2 Å². The van der Waals surface area contributed by atoms with Crippen molar-refractivity contribution in [3.05, 3.63) is 11.4 Å². The van der Waals surface area contributed by atoms with Gasteiger partial charge in [0.25, 0.3) is 10.0 Å². The van der Waals surface area contributed by atoms with Crippen molar-refractivity contribution < 1.29 is 17.9 Å². The van der Waals surface area contributed by atoms with E-state index in [2.05, 4.69) is 0 Å². The Kier molecular flexibility index (Phi) is 6.03. The minimum absolute atomic E-state index is 0.243. The first-order valence-corrected chi connectivity index (χ1v) is 7.66. The molecule has 0 unspecified atom stereocenters. The summed E-state index contributed by atoms with van der Waals surface area (Å²) in [7, 11) is -0.449. The minimum atomic E-state index is -3.51. The van der Waals surface area contributed by atoms with Crippen molar-refractivity contribution in [2.45, 2.75) is 4.21 Å². The minimum Gasteiger partial charge on any atom is -0.398 e. The number of nitrogen functional groups attached to an aromatic ring is 1. The van der Waals surface area contributed by atoms with Crippen LogP contribution in [0.4, 0.5) is 5.69 Å². The standard InChI is InChI=1S/C10H18N2O4S2/c1-15-5-3-12(4-6-16-2)18(13,14)10-7-9(11)8-17-10/h7-8H,3-6,11H2,1-2H3. The number of hydrogen-bond donors (Lipinski definition) is 1. The SMILES string of the molecule is COCCN(CCOC)S(=O)(=O)c1cc(N)cs1. The first kappa shape index (κ1) is 15.4. The number of ether oxygens (including phenoxy) is 2. The van der Waals surface area contributed by atoms with Crippen LogP contribution in [0, 0.1) is 0 Å². The molecule has 6 nitrogen and oxygen atoms in total. The molecule has 0 radical (unpaired) electrons. The quantitative estimate of drug-likeness (QED) is 0.760. The molecule has 1 rings (SSSR count). The van der Waals surface area contributed by atoms with E-state index in [1.54, 1.807) is 5.38 Å². The molecule has 8 heteroatoms. The zero-order valence-corrected chi connectivity index (χ0v) is 12.1. The summed E-state index contributed by atoms with van der Waals surface area (Å²) < 4.78 is 36.1. The van der Waals surface area contributed by atoms with Crippen LogP contribution >= 0.6 is 11.3 Å². The maximum atomic E-state index is 12.3. The van der Waals surface area contributed by atoms with Gasteiger partial charge in [0, 0.05) is 38.4 Å². The van der Waals surface area contributed by atoms with Crippen LogP contribution < -0.4 is 5.73 Å². The van der Waals surface area contributed by atoms with Gasteiger partial charge in [-0.15, -0.1) is 11.3 Å². The highest BCUT2D eigenvalue weighted by Crippen LogP contribution is 2.24. The Balaban J connectivity index is 2.88. The lowest BCUT2D eigenvalue weighted by Crippen LogP contribution is -2.36. The topological polar surface area (TPSA) is 81.9 Å². The van der Waals surface area contributed by atoms with Gasteiger partial charge in [0.05, 0.1) is 13.2 Å². The van der Waals surface area contributed by atoms with Gasteiger partial charge >= 0.3 is 0 Å². The molecule has 18 heavy (non-hydrogen) atoms. The lowest BCUT2D eigenvalue weighted by atomic mass is 10.6. The molecule has 2 N–H and O–H groups in total. The molecule has 1 heterocycles. The number of sulfonamides is 1. The van der Waals surface area contributed by atoms with E-state index >= 15 is 0 Å². The highest BCUT2D eigenvalue weighted by Gasteiger charge is 2.25. The zero-order chi connectivity index (χ0) is 13.6. The number of nitrogens with zero attached hydrogens (tertiary/aromatic N) is 1. The van der Waals surface area contributed by atoms with Crippen LogP contribution in [0.1, 0.15) is 0 Å². The largest absolute Gasteiger partial charge is 0.398 e. The lowest BCUT2D eigenvalue weighted by Gasteiger charge is -2.20. The summed E-state index contributed by atoms with van der Waals surface area (Å²) in [5, 5.41) is 1.61. The summed E-state index contributed by atoms with van der Waals surface area (Å²) in [6, 6.07) is 1.46. The first-order valence-electron chi connectivity index (χ1n) is 5.34. The molecule has 0 aliphatic carbocycles. The van der Waals surface area contributed by atoms with E-state index in [0.29, 0.717) is 32.0 Å². The predicted octanol–water partition coefficient (Wildman–Crippen LogP) is 0.614. The molecule has 0 spiro atoms. The van der Waals surface area contributed by atoms with Crippen LogP contribution in [0.15, 0.2) is 15.7 Å². The van der Waals surface area contributed by atoms with Crippen molar-refractivity contribution in [3.8, 4) is 0 Å². The third kappa shape index (κ3) is 3.92. The van der Waals surface area contributed by atoms with Crippen molar-refractivity contribution in [2.24, 2.45) is 0 Å². The third-order valence-corrected chi connectivity index (χ3v) is 5.61. The van der Waals surface area contributed by atoms with E-state index in [1.807, 2.05) is 0 Å². The number of thiophene rings is 1. The average molecular weight is 294 g/mol. The zero-order valence-electron chi connectivity index (χ0n) is 10.5. The fourth-order valence-electron chi connectivity index (χ4n) is 1.33. The summed E-state index contributed by atoms with van der Waals surface area (Å²) in [6.07, 6.45) is 0. The Morgan fingerprint density at radius 3 is 2.22 bits per heavy atom. The molecule has 0 amide bonds. The van der Waals surface area contributed by atoms with E-state index in [9.17, 15) is 8.42 Å². The Morgan fingerprint density at radius 2 is 1.83 bits per heavy atom. The van der Waals surface area contributed by atoms with Crippen molar-refractivity contribution >= 4 is 27.0 Å². The average Bonchev–Trinajstić information content (AvgIpc) is 2.76. The summed E-state index contributed by atoms with van der Waals surface area (Å²) in [4.78, 5) is 0. The van der Waals surface area contributed by atoms with Gasteiger partial charge in [-0.3, -0.25) is 0 Å². The molecule has 104 valence electrons. The number of hydrogen-bond acceptors (Lipinski definition) is 6. The van der Waals surface area contributed by atoms with Gasteiger partial charge in [0.2, 0.25) is 0 Å². The highest BCUT2D eigenvalue weighted by molar-refractivity contribution is 7.91. The monoisotopic (exact) mass is 294 g/mol. The van der Waals surface area contributed by atoms with Gasteiger partial charge in [-0.05, 0) is 6.07 Å². The number of methoxy groups -OCH3 is 2. The Hall–Kier alpha value is -0.670. The summed E-state index contributed by atoms with van der Waals surface area (Å²) in [5.74, 6) is 0. The van der Waals surface area contributed by atoms with Crippen molar-refractivity contribution in [2.75, 3.05) is 46.3 Å². The molecule has 0 aliphatic heterocycles. The molecule has 1 aromatic rings. The van der Waals surface area contributed by atoms with Crippen LogP contribution in [0.2, 0.25) is 0 Å². The third-order valence-electron chi connectivity index (χ3n) is 2.28. The number of anilines is 1. The van der Waals surface area contributed by atoms with Gasteiger partial charge in [0.15, 0.2) is 0 Å². The van der Waals surface area contributed by atoms with Crippen LogP contribution in [0.5, 0.6) is 0 Å². The van der Waals surface area contributed by atoms with Crippen molar-refractivity contribution in [3.63, 3.8) is 0 Å². The van der Waals surface area contributed by atoms with E-state index < -0.39 is 10.0 Å². The molecule has 1 aromatic heterocycles. The molecule has 0 fully saturated rings. The van der Waals surface area contributed by atoms with E-state index in [1.165, 1.54) is 24.6 Å². The fourth-order valence-corrected chi connectivity index (χ4v) is 3.97. The van der Waals surface area contributed by atoms with Crippen LogP contribution in [-0.2, 0) is 19.5 Å². The second-order valence-corrected chi connectivity index (χ2v) is 6.66. The highest BCUT2D eigenvalue weighted by atomic mass is 32.2. The smallest absolute Gasteiger partial charge is 0.252 e. The lowest BCUT2D eigenvalue weighted by molar-refractivity contribution is 0.150. The second-order valence-electron chi connectivity index (χ2n) is 3.59. The van der Waals surface area contributed by atoms with E-state index in [0.717, 1.165) is 11.3 Å². The molecule has 0 bridgehead atoms. The summed E-state index contributed by atoms with van der Waals surface area (Å²) in [5.41, 5.74) is 6.01. The van der Waals surface area contributed by atoms with Gasteiger partial charge in [-0.1, -0.05) is 0 Å². The van der Waals surface area contributed by atoms with E-state index in [4.69, 9.17) is 15.2 Å². The molecular weight excluding hydrogens is 276 g/mol. The van der Waals surface area contributed by atoms with Crippen molar-refractivity contribution in [1.29, 1.82) is 0 Å². The summed E-state index contributed by atoms with van der Waals surface area (Å²) >= 11 is 1.12. The van der Waals surface area contributed by atoms with Gasteiger partial charge in [0.1, 0.15) is 4.21 Å². The second kappa shape index (κ2) is 7.05. The number of nitrogens with two attached hydrogens (primary N) is 1. The number of rotatable bonds is 8. The van der Waals surface area contributed by atoms with Crippen molar-refractivity contribution in [1.82, 2.24) is 4.31 Å². The normalized spacial score (nSPS) is 12.2. The van der Waals surface area contributed by atoms with Crippen LogP contribution in [0.25, 0.3) is 0 Å². The molecule has 0 saturated heterocycles.